The summed E-state index contributed by atoms with van der Waals surface area (Å²) in [6, 6.07) is 5.77. The van der Waals surface area contributed by atoms with Crippen LogP contribution in [0.15, 0.2) is 18.2 Å². The van der Waals surface area contributed by atoms with E-state index in [1.807, 2.05) is 13.0 Å². The van der Waals surface area contributed by atoms with Gasteiger partial charge in [0.1, 0.15) is 5.82 Å². The first-order valence-corrected chi connectivity index (χ1v) is 7.74. The SMILES string of the molecule is CCCCN(C)S(=O)(=O)NCc1ccc(C#N)cc1F. The molecule has 0 spiro atoms. The number of hydrogen-bond donors (Lipinski definition) is 1. The van der Waals surface area contributed by atoms with Crippen LogP contribution in [0.25, 0.3) is 0 Å². The first-order chi connectivity index (χ1) is 9.40. The molecule has 0 radical (unpaired) electrons. The van der Waals surface area contributed by atoms with E-state index in [1.165, 1.54) is 23.5 Å². The van der Waals surface area contributed by atoms with Gasteiger partial charge in [0, 0.05) is 25.7 Å². The lowest BCUT2D eigenvalue weighted by atomic mass is 10.1. The number of rotatable bonds is 7. The molecule has 0 saturated carbocycles. The Morgan fingerprint density at radius 1 is 1.45 bits per heavy atom. The van der Waals surface area contributed by atoms with Crippen LogP contribution < -0.4 is 4.72 Å². The molecule has 1 aromatic rings. The van der Waals surface area contributed by atoms with E-state index in [0.29, 0.717) is 6.54 Å². The minimum atomic E-state index is -3.61. The molecule has 0 amide bonds. The molecule has 0 unspecified atom stereocenters. The molecular weight excluding hydrogens is 281 g/mol. The number of nitrogens with zero attached hydrogens (tertiary/aromatic N) is 2. The second-order valence-electron chi connectivity index (χ2n) is 4.42. The number of nitrogens with one attached hydrogen (secondary N) is 1. The first kappa shape index (κ1) is 16.6. The maximum atomic E-state index is 13.6. The van der Waals surface area contributed by atoms with Gasteiger partial charge in [-0.15, -0.1) is 0 Å². The van der Waals surface area contributed by atoms with Crippen LogP contribution in [0.2, 0.25) is 0 Å². The lowest BCUT2D eigenvalue weighted by Gasteiger charge is -2.17. The maximum absolute atomic E-state index is 13.6. The van der Waals surface area contributed by atoms with E-state index in [1.54, 1.807) is 0 Å². The van der Waals surface area contributed by atoms with Gasteiger partial charge in [-0.05, 0) is 18.6 Å². The molecule has 5 nitrogen and oxygen atoms in total. The highest BCUT2D eigenvalue weighted by Gasteiger charge is 2.17. The quantitative estimate of drug-likeness (QED) is 0.834. The Hall–Kier alpha value is -1.49. The highest BCUT2D eigenvalue weighted by Crippen LogP contribution is 2.10. The van der Waals surface area contributed by atoms with Crippen molar-refractivity contribution in [2.75, 3.05) is 13.6 Å². The summed E-state index contributed by atoms with van der Waals surface area (Å²) in [7, 11) is -2.13. The molecule has 0 fully saturated rings. The van der Waals surface area contributed by atoms with Crippen LogP contribution in [-0.2, 0) is 16.8 Å². The molecule has 0 heterocycles. The molecule has 110 valence electrons. The van der Waals surface area contributed by atoms with Crippen molar-refractivity contribution < 1.29 is 12.8 Å². The zero-order valence-electron chi connectivity index (χ0n) is 11.6. The fraction of sp³-hybridized carbons (Fsp3) is 0.462. The zero-order valence-corrected chi connectivity index (χ0v) is 12.4. The predicted molar refractivity (Wildman–Crippen MR) is 74.4 cm³/mol. The number of nitriles is 1. The van der Waals surface area contributed by atoms with Gasteiger partial charge in [0.15, 0.2) is 0 Å². The molecule has 1 aromatic carbocycles. The number of benzene rings is 1. The third-order valence-electron chi connectivity index (χ3n) is 2.86. The summed E-state index contributed by atoms with van der Waals surface area (Å²) in [4.78, 5) is 0. The number of halogens is 1. The first-order valence-electron chi connectivity index (χ1n) is 6.30. The van der Waals surface area contributed by atoms with E-state index < -0.39 is 16.0 Å². The van der Waals surface area contributed by atoms with Crippen molar-refractivity contribution in [3.63, 3.8) is 0 Å². The minimum absolute atomic E-state index is 0.143. The highest BCUT2D eigenvalue weighted by atomic mass is 32.2. The highest BCUT2D eigenvalue weighted by molar-refractivity contribution is 7.87. The Labute approximate surface area is 119 Å². The molecule has 0 aliphatic carbocycles. The van der Waals surface area contributed by atoms with Crippen molar-refractivity contribution in [3.8, 4) is 6.07 Å². The lowest BCUT2D eigenvalue weighted by molar-refractivity contribution is 0.448. The van der Waals surface area contributed by atoms with Crippen LogP contribution in [0.3, 0.4) is 0 Å². The second-order valence-corrected chi connectivity index (χ2v) is 6.28. The van der Waals surface area contributed by atoms with Crippen molar-refractivity contribution in [2.45, 2.75) is 26.3 Å². The van der Waals surface area contributed by atoms with Gasteiger partial charge in [0.05, 0.1) is 11.6 Å². The molecule has 0 aromatic heterocycles. The molecule has 20 heavy (non-hydrogen) atoms. The number of hydrogen-bond acceptors (Lipinski definition) is 3. The Balaban J connectivity index is 2.69. The van der Waals surface area contributed by atoms with E-state index in [9.17, 15) is 12.8 Å². The summed E-state index contributed by atoms with van der Waals surface area (Å²) in [5.41, 5.74) is 0.408. The molecule has 0 saturated heterocycles. The average Bonchev–Trinajstić information content (AvgIpc) is 2.43. The van der Waals surface area contributed by atoms with Gasteiger partial charge in [-0.3, -0.25) is 0 Å². The minimum Gasteiger partial charge on any atom is -0.207 e. The molecule has 1 N–H and O–H groups in total. The van der Waals surface area contributed by atoms with Gasteiger partial charge < -0.3 is 0 Å². The summed E-state index contributed by atoms with van der Waals surface area (Å²) < 4.78 is 40.9. The van der Waals surface area contributed by atoms with Crippen molar-refractivity contribution in [3.05, 3.63) is 35.1 Å². The van der Waals surface area contributed by atoms with Crippen LogP contribution >= 0.6 is 0 Å². The molecule has 0 aliphatic heterocycles. The van der Waals surface area contributed by atoms with Gasteiger partial charge >= 0.3 is 0 Å². The number of unbranched alkanes of at least 4 members (excludes halogenated alkanes) is 1. The summed E-state index contributed by atoms with van der Waals surface area (Å²) in [6.45, 7) is 2.25. The van der Waals surface area contributed by atoms with Crippen molar-refractivity contribution in [1.82, 2.24) is 9.03 Å². The standard InChI is InChI=1S/C13H18FN3O2S/c1-3-4-7-17(2)20(18,19)16-10-12-6-5-11(9-15)8-13(12)14/h5-6,8,16H,3-4,7,10H2,1-2H3. The van der Waals surface area contributed by atoms with Crippen LogP contribution in [0.5, 0.6) is 0 Å². The topological polar surface area (TPSA) is 73.2 Å². The molecule has 0 aliphatic rings. The van der Waals surface area contributed by atoms with Crippen molar-refractivity contribution in [2.24, 2.45) is 0 Å². The summed E-state index contributed by atoms with van der Waals surface area (Å²) >= 11 is 0. The predicted octanol–water partition coefficient (Wildman–Crippen LogP) is 1.76. The molecule has 0 atom stereocenters. The van der Waals surface area contributed by atoms with Crippen LogP contribution in [0.1, 0.15) is 30.9 Å². The van der Waals surface area contributed by atoms with E-state index >= 15 is 0 Å². The fourth-order valence-electron chi connectivity index (χ4n) is 1.54. The smallest absolute Gasteiger partial charge is 0.207 e. The second kappa shape index (κ2) is 7.33. The third kappa shape index (κ3) is 4.56. The van der Waals surface area contributed by atoms with Gasteiger partial charge in [-0.2, -0.15) is 22.7 Å². The van der Waals surface area contributed by atoms with Gasteiger partial charge in [0.25, 0.3) is 10.2 Å². The van der Waals surface area contributed by atoms with Crippen molar-refractivity contribution in [1.29, 1.82) is 5.26 Å². The Bertz CT molecular complexity index is 596. The largest absolute Gasteiger partial charge is 0.279 e. The van der Waals surface area contributed by atoms with Crippen molar-refractivity contribution >= 4 is 10.2 Å². The lowest BCUT2D eigenvalue weighted by Crippen LogP contribution is -2.38. The van der Waals surface area contributed by atoms with E-state index in [0.717, 1.165) is 18.9 Å². The molecule has 0 bridgehead atoms. The summed E-state index contributed by atoms with van der Waals surface area (Å²) in [5.74, 6) is -0.594. The monoisotopic (exact) mass is 299 g/mol. The van der Waals surface area contributed by atoms with Gasteiger partial charge in [-0.25, -0.2) is 4.39 Å². The normalized spacial score (nSPS) is 11.6. The van der Waals surface area contributed by atoms with Crippen LogP contribution in [0.4, 0.5) is 4.39 Å². The van der Waals surface area contributed by atoms with Gasteiger partial charge in [0.2, 0.25) is 0 Å². The third-order valence-corrected chi connectivity index (χ3v) is 4.38. The average molecular weight is 299 g/mol. The maximum Gasteiger partial charge on any atom is 0.279 e. The summed E-state index contributed by atoms with van der Waals surface area (Å²) in [6.07, 6.45) is 1.66. The Morgan fingerprint density at radius 2 is 2.15 bits per heavy atom. The summed E-state index contributed by atoms with van der Waals surface area (Å²) in [5, 5.41) is 8.63. The molecule has 7 heteroatoms. The molecular formula is C13H18FN3O2S. The van der Waals surface area contributed by atoms with Crippen LogP contribution in [0, 0.1) is 17.1 Å². The Kier molecular flexibility index (Phi) is 6.07. The van der Waals surface area contributed by atoms with Gasteiger partial charge in [-0.1, -0.05) is 19.4 Å². The molecule has 1 rings (SSSR count). The van der Waals surface area contributed by atoms with E-state index in [2.05, 4.69) is 4.72 Å². The van der Waals surface area contributed by atoms with Crippen LogP contribution in [-0.4, -0.2) is 26.3 Å². The fourth-order valence-corrected chi connectivity index (χ4v) is 2.47. The van der Waals surface area contributed by atoms with E-state index in [4.69, 9.17) is 5.26 Å². The zero-order chi connectivity index (χ0) is 15.2. The Morgan fingerprint density at radius 3 is 2.70 bits per heavy atom. The van der Waals surface area contributed by atoms with E-state index in [-0.39, 0.29) is 17.7 Å².